The van der Waals surface area contributed by atoms with E-state index in [1.165, 1.54) is 18.4 Å². The zero-order valence-corrected chi connectivity index (χ0v) is 16.2. The van der Waals surface area contributed by atoms with Crippen LogP contribution in [0.1, 0.15) is 51.0 Å². The number of likely N-dealkylation sites (N-methyl/N-ethyl adjacent to an activating group) is 1. The molecule has 2 unspecified atom stereocenters. The number of nitrogens with one attached hydrogen (secondary N) is 1. The molecule has 6 nitrogen and oxygen atoms in total. The monoisotopic (exact) mass is 374 g/mol. The van der Waals surface area contributed by atoms with E-state index in [0.29, 0.717) is 12.3 Å². The molecule has 1 aromatic rings. The molecule has 2 rings (SSSR count). The Balaban J connectivity index is 1.92. The summed E-state index contributed by atoms with van der Waals surface area (Å²) in [5.41, 5.74) is 0.846. The summed E-state index contributed by atoms with van der Waals surface area (Å²) in [6.45, 7) is 1.61. The zero-order valence-electron chi connectivity index (χ0n) is 16.2. The molecule has 0 aromatic heterocycles. The summed E-state index contributed by atoms with van der Waals surface area (Å²) in [6, 6.07) is 7.49. The largest absolute Gasteiger partial charge is 0.480 e. The molecule has 0 radical (unpaired) electrons. The number of rotatable bonds is 8. The molecule has 2 amide bonds. The molecular formula is C21H30N2O4. The number of carboxylic acid groups (broad SMARTS) is 1. The van der Waals surface area contributed by atoms with Crippen LogP contribution in [0.2, 0.25) is 0 Å². The third-order valence-electron chi connectivity index (χ3n) is 5.32. The molecule has 6 heteroatoms. The second kappa shape index (κ2) is 10.1. The van der Waals surface area contributed by atoms with Gasteiger partial charge in [0.2, 0.25) is 11.8 Å². The van der Waals surface area contributed by atoms with Crippen molar-refractivity contribution in [1.29, 1.82) is 0 Å². The minimum absolute atomic E-state index is 0.133. The second-order valence-electron chi connectivity index (χ2n) is 7.49. The van der Waals surface area contributed by atoms with Gasteiger partial charge in [-0.2, -0.15) is 0 Å². The van der Waals surface area contributed by atoms with Crippen molar-refractivity contribution in [2.24, 2.45) is 5.92 Å². The van der Waals surface area contributed by atoms with Gasteiger partial charge in [0.25, 0.3) is 0 Å². The highest BCUT2D eigenvalue weighted by atomic mass is 16.4. The van der Waals surface area contributed by atoms with E-state index in [1.807, 2.05) is 30.3 Å². The van der Waals surface area contributed by atoms with Crippen molar-refractivity contribution in [3.05, 3.63) is 35.9 Å². The first kappa shape index (κ1) is 20.9. The van der Waals surface area contributed by atoms with Crippen LogP contribution in [0.4, 0.5) is 0 Å². The molecule has 0 spiro atoms. The van der Waals surface area contributed by atoms with Crippen molar-refractivity contribution in [3.8, 4) is 0 Å². The highest BCUT2D eigenvalue weighted by Crippen LogP contribution is 2.26. The predicted octanol–water partition coefficient (Wildman–Crippen LogP) is 2.62. The lowest BCUT2D eigenvalue weighted by Gasteiger charge is -2.28. The fourth-order valence-electron chi connectivity index (χ4n) is 3.70. The van der Waals surface area contributed by atoms with E-state index in [4.69, 9.17) is 0 Å². The molecule has 1 aliphatic rings. The Morgan fingerprint density at radius 2 is 1.78 bits per heavy atom. The minimum atomic E-state index is -1.06. The van der Waals surface area contributed by atoms with Gasteiger partial charge in [0.1, 0.15) is 12.1 Å². The number of nitrogens with zero attached hydrogens (tertiary/aromatic N) is 1. The predicted molar refractivity (Wildman–Crippen MR) is 103 cm³/mol. The number of hydrogen-bond donors (Lipinski definition) is 2. The van der Waals surface area contributed by atoms with Gasteiger partial charge in [-0.05, 0) is 31.2 Å². The van der Waals surface area contributed by atoms with Crippen molar-refractivity contribution < 1.29 is 19.5 Å². The lowest BCUT2D eigenvalue weighted by atomic mass is 9.87. The van der Waals surface area contributed by atoms with Gasteiger partial charge < -0.3 is 15.3 Å². The van der Waals surface area contributed by atoms with Gasteiger partial charge in [0.05, 0.1) is 0 Å². The van der Waals surface area contributed by atoms with Crippen molar-refractivity contribution in [3.63, 3.8) is 0 Å². The van der Waals surface area contributed by atoms with Crippen LogP contribution in [0.25, 0.3) is 0 Å². The number of carboxylic acids is 1. The van der Waals surface area contributed by atoms with Gasteiger partial charge >= 0.3 is 5.97 Å². The number of benzene rings is 1. The van der Waals surface area contributed by atoms with E-state index in [9.17, 15) is 19.5 Å². The average Bonchev–Trinajstić information content (AvgIpc) is 2.66. The number of carbonyl (C=O) groups excluding carboxylic acids is 2. The maximum absolute atomic E-state index is 12.7. The van der Waals surface area contributed by atoms with Gasteiger partial charge in [-0.25, -0.2) is 4.79 Å². The third kappa shape index (κ3) is 6.38. The molecule has 1 saturated carbocycles. The van der Waals surface area contributed by atoms with Gasteiger partial charge in [-0.1, -0.05) is 49.6 Å². The molecule has 0 saturated heterocycles. The van der Waals surface area contributed by atoms with Gasteiger partial charge in [0, 0.05) is 19.9 Å². The van der Waals surface area contributed by atoms with Crippen LogP contribution in [0, 0.1) is 5.92 Å². The Morgan fingerprint density at radius 1 is 1.15 bits per heavy atom. The highest BCUT2D eigenvalue weighted by molar-refractivity contribution is 5.90. The fourth-order valence-corrected chi connectivity index (χ4v) is 3.70. The maximum atomic E-state index is 12.7. The lowest BCUT2D eigenvalue weighted by molar-refractivity contribution is -0.150. The van der Waals surface area contributed by atoms with Crippen molar-refractivity contribution in [2.45, 2.75) is 64.0 Å². The summed E-state index contributed by atoms with van der Waals surface area (Å²) in [4.78, 5) is 37.8. The summed E-state index contributed by atoms with van der Waals surface area (Å²) in [5.74, 6) is -1.19. The molecule has 27 heavy (non-hydrogen) atoms. The number of amides is 2. The zero-order chi connectivity index (χ0) is 19.8. The van der Waals surface area contributed by atoms with Gasteiger partial charge in [-0.3, -0.25) is 9.59 Å². The Bertz CT molecular complexity index is 641. The lowest BCUT2D eigenvalue weighted by Crippen LogP contribution is -2.52. The molecule has 1 aliphatic carbocycles. The summed E-state index contributed by atoms with van der Waals surface area (Å²) >= 11 is 0. The first-order chi connectivity index (χ1) is 12.9. The van der Waals surface area contributed by atoms with Crippen LogP contribution in [0.5, 0.6) is 0 Å². The number of hydrogen-bond acceptors (Lipinski definition) is 3. The third-order valence-corrected chi connectivity index (χ3v) is 5.32. The van der Waals surface area contributed by atoms with Crippen LogP contribution >= 0.6 is 0 Å². The molecule has 1 aromatic carbocycles. The number of carbonyl (C=O) groups is 3. The van der Waals surface area contributed by atoms with Crippen molar-refractivity contribution in [1.82, 2.24) is 10.2 Å². The maximum Gasteiger partial charge on any atom is 0.326 e. The fraction of sp³-hybridized carbons (Fsp3) is 0.571. The van der Waals surface area contributed by atoms with E-state index in [2.05, 4.69) is 5.32 Å². The van der Waals surface area contributed by atoms with Crippen LogP contribution < -0.4 is 5.32 Å². The van der Waals surface area contributed by atoms with E-state index in [0.717, 1.165) is 31.2 Å². The highest BCUT2D eigenvalue weighted by Gasteiger charge is 2.30. The Morgan fingerprint density at radius 3 is 2.37 bits per heavy atom. The smallest absolute Gasteiger partial charge is 0.326 e. The Labute approximate surface area is 160 Å². The summed E-state index contributed by atoms with van der Waals surface area (Å²) in [6.07, 6.45) is 6.34. The minimum Gasteiger partial charge on any atom is -0.480 e. The molecule has 2 N–H and O–H groups in total. The molecular weight excluding hydrogens is 344 g/mol. The Hall–Kier alpha value is -2.37. The molecule has 0 heterocycles. The summed E-state index contributed by atoms with van der Waals surface area (Å²) in [5, 5.41) is 12.3. The SMILES string of the molecule is CC(NC(=O)CC1CCCCC1)C(=O)N(C)C(Cc1ccccc1)C(=O)O. The normalized spacial score (nSPS) is 17.0. The van der Waals surface area contributed by atoms with Crippen molar-refractivity contribution in [2.75, 3.05) is 7.05 Å². The van der Waals surface area contributed by atoms with E-state index in [-0.39, 0.29) is 12.3 Å². The second-order valence-corrected chi connectivity index (χ2v) is 7.49. The first-order valence-corrected chi connectivity index (χ1v) is 9.71. The standard InChI is InChI=1S/C21H30N2O4/c1-15(22-19(24)14-17-11-7-4-8-12-17)20(25)23(2)18(21(26)27)13-16-9-5-3-6-10-16/h3,5-6,9-10,15,17-18H,4,7-8,11-14H2,1-2H3,(H,22,24)(H,26,27). The van der Waals surface area contributed by atoms with E-state index >= 15 is 0 Å². The van der Waals surface area contributed by atoms with Crippen molar-refractivity contribution >= 4 is 17.8 Å². The van der Waals surface area contributed by atoms with Crippen LogP contribution in [-0.4, -0.2) is 46.9 Å². The average molecular weight is 374 g/mol. The molecule has 1 fully saturated rings. The molecule has 0 bridgehead atoms. The first-order valence-electron chi connectivity index (χ1n) is 9.71. The molecule has 148 valence electrons. The quantitative estimate of drug-likeness (QED) is 0.732. The summed E-state index contributed by atoms with van der Waals surface area (Å²) < 4.78 is 0. The van der Waals surface area contributed by atoms with Gasteiger partial charge in [0.15, 0.2) is 0 Å². The van der Waals surface area contributed by atoms with Crippen LogP contribution in [0.3, 0.4) is 0 Å². The topological polar surface area (TPSA) is 86.7 Å². The van der Waals surface area contributed by atoms with Crippen LogP contribution in [-0.2, 0) is 20.8 Å². The molecule has 0 aliphatic heterocycles. The molecule has 2 atom stereocenters. The van der Waals surface area contributed by atoms with E-state index < -0.39 is 24.0 Å². The van der Waals surface area contributed by atoms with Gasteiger partial charge in [-0.15, -0.1) is 0 Å². The number of aliphatic carboxylic acids is 1. The summed E-state index contributed by atoms with van der Waals surface area (Å²) in [7, 11) is 1.48. The van der Waals surface area contributed by atoms with Crippen LogP contribution in [0.15, 0.2) is 30.3 Å². The Kier molecular flexibility index (Phi) is 7.82. The van der Waals surface area contributed by atoms with E-state index in [1.54, 1.807) is 6.92 Å².